The van der Waals surface area contributed by atoms with Gasteiger partial charge in [-0.15, -0.1) is 12.4 Å². The van der Waals surface area contributed by atoms with Crippen LogP contribution in [0.3, 0.4) is 0 Å². The van der Waals surface area contributed by atoms with Gasteiger partial charge in [0.25, 0.3) is 0 Å². The van der Waals surface area contributed by atoms with Crippen LogP contribution < -0.4 is 5.73 Å². The van der Waals surface area contributed by atoms with E-state index >= 15 is 0 Å². The van der Waals surface area contributed by atoms with Crippen LogP contribution in [0.2, 0.25) is 0 Å². The van der Waals surface area contributed by atoms with Crippen molar-refractivity contribution < 1.29 is 0 Å². The molecule has 1 heterocycles. The van der Waals surface area contributed by atoms with Gasteiger partial charge in [0.15, 0.2) is 0 Å². The Morgan fingerprint density at radius 3 is 2.40 bits per heavy atom. The van der Waals surface area contributed by atoms with Gasteiger partial charge < -0.3 is 10.3 Å². The number of benzene rings is 2. The Kier molecular flexibility index (Phi) is 3.78. The molecule has 2 nitrogen and oxygen atoms in total. The molecule has 0 saturated carbocycles. The number of hydrogen-bond donors (Lipinski definition) is 1. The van der Waals surface area contributed by atoms with E-state index in [2.05, 4.69) is 54.8 Å². The summed E-state index contributed by atoms with van der Waals surface area (Å²) in [5, 5.41) is 1.22. The average Bonchev–Trinajstić information content (AvgIpc) is 2.64. The smallest absolute Gasteiger partial charge is 0.112 e. The van der Waals surface area contributed by atoms with Crippen molar-refractivity contribution in [3.05, 3.63) is 53.6 Å². The Bertz CT molecular complexity index is 772. The molecule has 0 radical (unpaired) electrons. The SMILES string of the molecule is Cc1ccc(-c2c(N)n(C)c3ccccc23)c(C)c1.Cl. The molecule has 20 heavy (non-hydrogen) atoms. The van der Waals surface area contributed by atoms with Gasteiger partial charge in [-0.3, -0.25) is 0 Å². The Morgan fingerprint density at radius 1 is 1.00 bits per heavy atom. The maximum Gasteiger partial charge on any atom is 0.112 e. The number of nitrogen functional groups attached to an aromatic ring is 1. The number of fused-ring (bicyclic) bond motifs is 1. The summed E-state index contributed by atoms with van der Waals surface area (Å²) in [7, 11) is 2.02. The van der Waals surface area contributed by atoms with Gasteiger partial charge in [0, 0.05) is 23.5 Å². The standard InChI is InChI=1S/C17H18N2.ClH/c1-11-8-9-13(12(2)10-11)16-14-6-4-5-7-15(14)19(3)17(16)18;/h4-10H,18H2,1-3H3;1H. The molecule has 3 heteroatoms. The van der Waals surface area contributed by atoms with Gasteiger partial charge in [-0.25, -0.2) is 0 Å². The molecule has 0 amide bonds. The monoisotopic (exact) mass is 286 g/mol. The average molecular weight is 287 g/mol. The van der Waals surface area contributed by atoms with Crippen LogP contribution in [-0.4, -0.2) is 4.57 Å². The Hall–Kier alpha value is -1.93. The van der Waals surface area contributed by atoms with Crippen molar-refractivity contribution in [2.45, 2.75) is 13.8 Å². The summed E-state index contributed by atoms with van der Waals surface area (Å²) in [6.45, 7) is 4.26. The minimum atomic E-state index is 0. The van der Waals surface area contributed by atoms with Crippen molar-refractivity contribution in [3.63, 3.8) is 0 Å². The fourth-order valence-electron chi connectivity index (χ4n) is 2.79. The van der Waals surface area contributed by atoms with Gasteiger partial charge in [-0.2, -0.15) is 0 Å². The minimum Gasteiger partial charge on any atom is -0.385 e. The molecule has 1 aromatic heterocycles. The van der Waals surface area contributed by atoms with Crippen LogP contribution in [0.25, 0.3) is 22.0 Å². The molecule has 2 aromatic carbocycles. The van der Waals surface area contributed by atoms with E-state index in [4.69, 9.17) is 5.73 Å². The maximum atomic E-state index is 6.32. The predicted molar refractivity (Wildman–Crippen MR) is 89.5 cm³/mol. The molecule has 0 aliphatic carbocycles. The van der Waals surface area contributed by atoms with E-state index in [0.717, 1.165) is 11.4 Å². The first-order chi connectivity index (χ1) is 9.09. The number of aromatic nitrogens is 1. The lowest BCUT2D eigenvalue weighted by molar-refractivity contribution is 0.983. The number of anilines is 1. The summed E-state index contributed by atoms with van der Waals surface area (Å²) in [5.41, 5.74) is 12.4. The van der Waals surface area contributed by atoms with Crippen LogP contribution in [0.1, 0.15) is 11.1 Å². The first-order valence-electron chi connectivity index (χ1n) is 6.50. The first kappa shape index (κ1) is 14.5. The summed E-state index contributed by atoms with van der Waals surface area (Å²) >= 11 is 0. The number of aryl methyl sites for hydroxylation is 3. The molecular weight excluding hydrogens is 268 g/mol. The van der Waals surface area contributed by atoms with E-state index in [9.17, 15) is 0 Å². The number of hydrogen-bond acceptors (Lipinski definition) is 1. The second-order valence-electron chi connectivity index (χ2n) is 5.15. The molecule has 0 fully saturated rings. The van der Waals surface area contributed by atoms with Crippen molar-refractivity contribution >= 4 is 29.1 Å². The van der Waals surface area contributed by atoms with Crippen LogP contribution in [0.4, 0.5) is 5.82 Å². The molecule has 0 unspecified atom stereocenters. The molecule has 0 aliphatic heterocycles. The lowest BCUT2D eigenvalue weighted by Gasteiger charge is -2.08. The highest BCUT2D eigenvalue weighted by Gasteiger charge is 2.15. The number of para-hydroxylation sites is 1. The van der Waals surface area contributed by atoms with Crippen LogP contribution in [-0.2, 0) is 7.05 Å². The zero-order valence-electron chi connectivity index (χ0n) is 12.0. The Balaban J connectivity index is 0.00000147. The molecule has 0 aliphatic rings. The van der Waals surface area contributed by atoms with Gasteiger partial charge in [0.2, 0.25) is 0 Å². The number of nitrogens with two attached hydrogens (primary N) is 1. The van der Waals surface area contributed by atoms with E-state index in [0.29, 0.717) is 0 Å². The zero-order chi connectivity index (χ0) is 13.6. The zero-order valence-corrected chi connectivity index (χ0v) is 12.8. The van der Waals surface area contributed by atoms with Crippen molar-refractivity contribution in [2.75, 3.05) is 5.73 Å². The second-order valence-corrected chi connectivity index (χ2v) is 5.15. The van der Waals surface area contributed by atoms with Gasteiger partial charge in [0.1, 0.15) is 5.82 Å². The molecule has 0 atom stereocenters. The van der Waals surface area contributed by atoms with E-state index in [1.807, 2.05) is 13.1 Å². The normalized spacial score (nSPS) is 10.6. The van der Waals surface area contributed by atoms with Crippen molar-refractivity contribution in [1.82, 2.24) is 4.57 Å². The molecule has 104 valence electrons. The number of rotatable bonds is 1. The van der Waals surface area contributed by atoms with E-state index in [1.165, 1.54) is 27.6 Å². The molecule has 3 rings (SSSR count). The molecule has 3 aromatic rings. The first-order valence-corrected chi connectivity index (χ1v) is 6.50. The van der Waals surface area contributed by atoms with E-state index in [-0.39, 0.29) is 12.4 Å². The highest BCUT2D eigenvalue weighted by atomic mass is 35.5. The van der Waals surface area contributed by atoms with Crippen LogP contribution in [0.15, 0.2) is 42.5 Å². The summed E-state index contributed by atoms with van der Waals surface area (Å²) in [5.74, 6) is 0.827. The molecular formula is C17H19ClN2. The van der Waals surface area contributed by atoms with E-state index < -0.39 is 0 Å². The highest BCUT2D eigenvalue weighted by molar-refractivity contribution is 6.03. The Morgan fingerprint density at radius 2 is 1.70 bits per heavy atom. The highest BCUT2D eigenvalue weighted by Crippen LogP contribution is 2.37. The lowest BCUT2D eigenvalue weighted by atomic mass is 9.97. The summed E-state index contributed by atoms with van der Waals surface area (Å²) in [6, 6.07) is 14.9. The van der Waals surface area contributed by atoms with Crippen molar-refractivity contribution in [1.29, 1.82) is 0 Å². The quantitative estimate of drug-likeness (QED) is 0.703. The summed E-state index contributed by atoms with van der Waals surface area (Å²) < 4.78 is 2.06. The second kappa shape index (κ2) is 5.22. The largest absolute Gasteiger partial charge is 0.385 e. The van der Waals surface area contributed by atoms with Crippen LogP contribution >= 0.6 is 12.4 Å². The van der Waals surface area contributed by atoms with Gasteiger partial charge >= 0.3 is 0 Å². The van der Waals surface area contributed by atoms with Crippen LogP contribution in [0.5, 0.6) is 0 Å². The van der Waals surface area contributed by atoms with Crippen molar-refractivity contribution in [3.8, 4) is 11.1 Å². The third kappa shape index (κ3) is 2.06. The topological polar surface area (TPSA) is 30.9 Å². The lowest BCUT2D eigenvalue weighted by Crippen LogP contribution is -1.97. The van der Waals surface area contributed by atoms with E-state index in [1.54, 1.807) is 0 Å². The predicted octanol–water partition coefficient (Wildman–Crippen LogP) is 4.47. The molecule has 0 spiro atoms. The third-order valence-electron chi connectivity index (χ3n) is 3.80. The number of nitrogens with zero attached hydrogens (tertiary/aromatic N) is 1. The summed E-state index contributed by atoms with van der Waals surface area (Å²) in [6.07, 6.45) is 0. The minimum absolute atomic E-state index is 0. The maximum absolute atomic E-state index is 6.32. The van der Waals surface area contributed by atoms with Crippen LogP contribution in [0, 0.1) is 13.8 Å². The molecule has 0 bridgehead atoms. The fraction of sp³-hybridized carbons (Fsp3) is 0.176. The fourth-order valence-corrected chi connectivity index (χ4v) is 2.79. The summed E-state index contributed by atoms with van der Waals surface area (Å²) in [4.78, 5) is 0. The molecule has 2 N–H and O–H groups in total. The van der Waals surface area contributed by atoms with Crippen molar-refractivity contribution in [2.24, 2.45) is 7.05 Å². The number of halogens is 1. The van der Waals surface area contributed by atoms with Gasteiger partial charge in [-0.1, -0.05) is 42.0 Å². The third-order valence-corrected chi connectivity index (χ3v) is 3.80. The Labute approximate surface area is 125 Å². The van der Waals surface area contributed by atoms with Gasteiger partial charge in [-0.05, 0) is 31.0 Å². The van der Waals surface area contributed by atoms with Gasteiger partial charge in [0.05, 0.1) is 0 Å². The molecule has 0 saturated heterocycles.